The van der Waals surface area contributed by atoms with Gasteiger partial charge in [0.25, 0.3) is 0 Å². The van der Waals surface area contributed by atoms with Gasteiger partial charge in [-0.1, -0.05) is 0 Å². The first-order valence-corrected chi connectivity index (χ1v) is 3.36. The molecule has 0 fully saturated rings. The van der Waals surface area contributed by atoms with Gasteiger partial charge in [-0.2, -0.15) is 0 Å². The third kappa shape index (κ3) is 2.81. The summed E-state index contributed by atoms with van der Waals surface area (Å²) >= 11 is 0. The number of hydrogen-bond acceptors (Lipinski definition) is 4. The molecule has 0 radical (unpaired) electrons. The Kier molecular flexibility index (Phi) is 3.41. The van der Waals surface area contributed by atoms with Gasteiger partial charge >= 0.3 is 0 Å². The lowest BCUT2D eigenvalue weighted by atomic mass is 9.97. The van der Waals surface area contributed by atoms with Crippen LogP contribution in [0.15, 0.2) is 0 Å². The van der Waals surface area contributed by atoms with Gasteiger partial charge in [-0.3, -0.25) is 10.1 Å². The Balaban J connectivity index is 4.22. The highest BCUT2D eigenvalue weighted by Crippen LogP contribution is 2.15. The van der Waals surface area contributed by atoms with Crippen molar-refractivity contribution in [2.24, 2.45) is 0 Å². The molecule has 66 valence electrons. The highest BCUT2D eigenvalue weighted by Gasteiger charge is 2.37. The van der Waals surface area contributed by atoms with Gasteiger partial charge in [0.1, 0.15) is 6.61 Å². The van der Waals surface area contributed by atoms with Crippen molar-refractivity contribution in [3.63, 3.8) is 0 Å². The number of aliphatic hydroxyl groups is 2. The Morgan fingerprint density at radius 3 is 2.27 bits per heavy atom. The van der Waals surface area contributed by atoms with Crippen molar-refractivity contribution >= 4 is 0 Å². The number of nitrogens with zero attached hydrogens (tertiary/aromatic N) is 1. The maximum Gasteiger partial charge on any atom is 0.244 e. The molecular formula is C6H13NO4. The van der Waals surface area contributed by atoms with Crippen LogP contribution in [0, 0.1) is 10.1 Å². The van der Waals surface area contributed by atoms with Gasteiger partial charge in [-0.25, -0.2) is 0 Å². The summed E-state index contributed by atoms with van der Waals surface area (Å²) in [4.78, 5) is 9.75. The topological polar surface area (TPSA) is 83.6 Å². The summed E-state index contributed by atoms with van der Waals surface area (Å²) in [6.45, 7) is 2.21. The van der Waals surface area contributed by atoms with E-state index in [1.54, 1.807) is 0 Å². The molecule has 5 nitrogen and oxygen atoms in total. The zero-order chi connectivity index (χ0) is 9.07. The van der Waals surface area contributed by atoms with Crippen LogP contribution in [-0.2, 0) is 0 Å². The Morgan fingerprint density at radius 1 is 1.73 bits per heavy atom. The molecule has 0 heterocycles. The maximum absolute atomic E-state index is 10.3. The quantitative estimate of drug-likeness (QED) is 0.443. The van der Waals surface area contributed by atoms with Gasteiger partial charge in [0.15, 0.2) is 0 Å². The van der Waals surface area contributed by atoms with Gasteiger partial charge in [-0.05, 0) is 6.92 Å². The summed E-state index contributed by atoms with van der Waals surface area (Å²) in [5.74, 6) is 0. The van der Waals surface area contributed by atoms with E-state index in [1.807, 2.05) is 0 Å². The average Bonchev–Trinajstić information content (AvgIpc) is 1.86. The molecule has 0 aromatic heterocycles. The molecule has 0 aromatic carbocycles. The molecule has 0 rings (SSSR count). The lowest BCUT2D eigenvalue weighted by Crippen LogP contribution is -2.41. The fraction of sp³-hybridized carbons (Fsp3) is 1.00. The minimum atomic E-state index is -1.41. The van der Waals surface area contributed by atoms with Crippen LogP contribution in [0.1, 0.15) is 20.3 Å². The van der Waals surface area contributed by atoms with Crippen LogP contribution < -0.4 is 0 Å². The molecule has 11 heavy (non-hydrogen) atoms. The molecule has 0 amide bonds. The highest BCUT2D eigenvalue weighted by molar-refractivity contribution is 4.74. The van der Waals surface area contributed by atoms with Crippen LogP contribution >= 0.6 is 0 Å². The van der Waals surface area contributed by atoms with Crippen LogP contribution in [0.4, 0.5) is 0 Å². The van der Waals surface area contributed by atoms with E-state index < -0.39 is 23.2 Å². The largest absolute Gasteiger partial charge is 0.393 e. The monoisotopic (exact) mass is 163 g/mol. The smallest absolute Gasteiger partial charge is 0.244 e. The first kappa shape index (κ1) is 10.3. The third-order valence-electron chi connectivity index (χ3n) is 1.52. The molecule has 0 saturated carbocycles. The van der Waals surface area contributed by atoms with Crippen molar-refractivity contribution in [3.8, 4) is 0 Å². The fourth-order valence-corrected chi connectivity index (χ4v) is 0.833. The summed E-state index contributed by atoms with van der Waals surface area (Å²) in [6.07, 6.45) is -0.797. The fourth-order valence-electron chi connectivity index (χ4n) is 0.833. The van der Waals surface area contributed by atoms with Gasteiger partial charge in [0.05, 0.1) is 6.10 Å². The summed E-state index contributed by atoms with van der Waals surface area (Å²) in [6, 6.07) is 0. The van der Waals surface area contributed by atoms with E-state index in [-0.39, 0.29) is 6.42 Å². The van der Waals surface area contributed by atoms with Crippen molar-refractivity contribution in [2.45, 2.75) is 31.9 Å². The van der Waals surface area contributed by atoms with E-state index >= 15 is 0 Å². The Morgan fingerprint density at radius 2 is 2.18 bits per heavy atom. The molecule has 2 N–H and O–H groups in total. The van der Waals surface area contributed by atoms with Gasteiger partial charge in [-0.15, -0.1) is 0 Å². The first-order chi connectivity index (χ1) is 4.92. The predicted molar refractivity (Wildman–Crippen MR) is 38.8 cm³/mol. The van der Waals surface area contributed by atoms with E-state index in [4.69, 9.17) is 10.2 Å². The summed E-state index contributed by atoms with van der Waals surface area (Å²) in [5.41, 5.74) is -1.41. The second-order valence-corrected chi connectivity index (χ2v) is 2.97. The molecular weight excluding hydrogens is 150 g/mol. The Bertz CT molecular complexity index is 148. The van der Waals surface area contributed by atoms with Crippen LogP contribution in [-0.4, -0.2) is 33.4 Å². The average molecular weight is 163 g/mol. The number of aliphatic hydroxyl groups excluding tert-OH is 2. The highest BCUT2D eigenvalue weighted by atomic mass is 16.6. The molecule has 0 spiro atoms. The van der Waals surface area contributed by atoms with Crippen LogP contribution in [0.2, 0.25) is 0 Å². The minimum absolute atomic E-state index is 0.0312. The van der Waals surface area contributed by atoms with Crippen LogP contribution in [0.25, 0.3) is 0 Å². The van der Waals surface area contributed by atoms with Gasteiger partial charge in [0, 0.05) is 18.3 Å². The van der Waals surface area contributed by atoms with Gasteiger partial charge in [0.2, 0.25) is 5.54 Å². The Hall–Kier alpha value is -0.680. The second kappa shape index (κ2) is 3.64. The second-order valence-electron chi connectivity index (χ2n) is 2.97. The van der Waals surface area contributed by atoms with Crippen molar-refractivity contribution in [1.82, 2.24) is 0 Å². The number of rotatable bonds is 4. The number of hydrogen-bond donors (Lipinski definition) is 2. The van der Waals surface area contributed by atoms with Crippen molar-refractivity contribution in [3.05, 3.63) is 10.1 Å². The molecule has 0 aliphatic heterocycles. The van der Waals surface area contributed by atoms with Crippen molar-refractivity contribution < 1.29 is 15.1 Å². The zero-order valence-corrected chi connectivity index (χ0v) is 6.65. The van der Waals surface area contributed by atoms with Crippen LogP contribution in [0.3, 0.4) is 0 Å². The zero-order valence-electron chi connectivity index (χ0n) is 6.65. The Labute approximate surface area is 64.8 Å². The molecule has 2 atom stereocenters. The van der Waals surface area contributed by atoms with E-state index in [9.17, 15) is 10.1 Å². The van der Waals surface area contributed by atoms with Crippen molar-refractivity contribution in [2.75, 3.05) is 6.61 Å². The maximum atomic E-state index is 10.3. The third-order valence-corrected chi connectivity index (χ3v) is 1.52. The van der Waals surface area contributed by atoms with E-state index in [1.165, 1.54) is 13.8 Å². The molecule has 0 aliphatic carbocycles. The first-order valence-electron chi connectivity index (χ1n) is 3.36. The summed E-state index contributed by atoms with van der Waals surface area (Å²) < 4.78 is 0. The SMILES string of the molecule is CC(O)CC(C)(CO)[N+](=O)[O-]. The molecule has 5 heteroatoms. The van der Waals surface area contributed by atoms with Crippen molar-refractivity contribution in [1.29, 1.82) is 0 Å². The lowest BCUT2D eigenvalue weighted by Gasteiger charge is -2.19. The lowest BCUT2D eigenvalue weighted by molar-refractivity contribution is -0.571. The van der Waals surface area contributed by atoms with E-state index in [0.717, 1.165) is 0 Å². The van der Waals surface area contributed by atoms with E-state index in [0.29, 0.717) is 0 Å². The molecule has 0 bridgehead atoms. The summed E-state index contributed by atoms with van der Waals surface area (Å²) in [7, 11) is 0. The minimum Gasteiger partial charge on any atom is -0.393 e. The molecule has 0 saturated heterocycles. The van der Waals surface area contributed by atoms with E-state index in [2.05, 4.69) is 0 Å². The number of nitro groups is 1. The predicted octanol–water partition coefficient (Wildman–Crippen LogP) is -0.215. The van der Waals surface area contributed by atoms with Gasteiger partial charge < -0.3 is 10.2 Å². The summed E-state index contributed by atoms with van der Waals surface area (Å²) in [5, 5.41) is 27.8. The van der Waals surface area contributed by atoms with Crippen LogP contribution in [0.5, 0.6) is 0 Å². The normalized spacial score (nSPS) is 18.9. The molecule has 0 aromatic rings. The standard InChI is InChI=1S/C6H13NO4/c1-5(9)3-6(2,4-8)7(10)11/h5,8-9H,3-4H2,1-2H3. The molecule has 2 unspecified atom stereocenters. The molecule has 0 aliphatic rings.